The molecular formula is C20H30ClN3O2. The number of nitrogens with zero attached hydrogens (tertiary/aromatic N) is 1. The molecule has 144 valence electrons. The minimum absolute atomic E-state index is 0. The van der Waals surface area contributed by atoms with Gasteiger partial charge >= 0.3 is 0 Å². The topological polar surface area (TPSA) is 71.4 Å². The van der Waals surface area contributed by atoms with E-state index < -0.39 is 0 Å². The summed E-state index contributed by atoms with van der Waals surface area (Å²) in [5.41, 5.74) is 8.59. The Balaban J connectivity index is 0.00000243. The van der Waals surface area contributed by atoms with E-state index in [1.165, 1.54) is 10.9 Å². The first-order chi connectivity index (χ1) is 12.0. The normalized spacial score (nSPS) is 17.6. The fourth-order valence-electron chi connectivity index (χ4n) is 3.71. The van der Waals surface area contributed by atoms with Crippen LogP contribution in [0.25, 0.3) is 10.9 Å². The summed E-state index contributed by atoms with van der Waals surface area (Å²) < 4.78 is 5.36. The largest absolute Gasteiger partial charge is 0.497 e. The van der Waals surface area contributed by atoms with Crippen molar-refractivity contribution in [2.24, 2.45) is 11.7 Å². The van der Waals surface area contributed by atoms with Crippen molar-refractivity contribution < 1.29 is 9.53 Å². The molecule has 2 heterocycles. The lowest BCUT2D eigenvalue weighted by Gasteiger charge is -2.34. The van der Waals surface area contributed by atoms with Crippen molar-refractivity contribution in [3.8, 4) is 5.75 Å². The van der Waals surface area contributed by atoms with E-state index in [-0.39, 0.29) is 30.3 Å². The van der Waals surface area contributed by atoms with E-state index in [0.717, 1.165) is 43.6 Å². The van der Waals surface area contributed by atoms with Crippen LogP contribution in [0.1, 0.15) is 44.6 Å². The van der Waals surface area contributed by atoms with Gasteiger partial charge in [-0.1, -0.05) is 20.3 Å². The van der Waals surface area contributed by atoms with Gasteiger partial charge in [0.15, 0.2) is 0 Å². The Morgan fingerprint density at radius 1 is 1.38 bits per heavy atom. The van der Waals surface area contributed by atoms with Crippen LogP contribution in [0.5, 0.6) is 5.75 Å². The zero-order valence-corrected chi connectivity index (χ0v) is 16.6. The van der Waals surface area contributed by atoms with Crippen molar-refractivity contribution in [3.63, 3.8) is 0 Å². The van der Waals surface area contributed by atoms with Gasteiger partial charge in [0.2, 0.25) is 5.91 Å². The lowest BCUT2D eigenvalue weighted by molar-refractivity contribution is -0.134. The molecule has 0 saturated carbocycles. The molecule has 1 aromatic heterocycles. The average Bonchev–Trinajstić information content (AvgIpc) is 3.09. The number of nitrogens with two attached hydrogens (primary N) is 1. The van der Waals surface area contributed by atoms with Crippen LogP contribution < -0.4 is 10.5 Å². The number of nitrogens with one attached hydrogen (secondary N) is 1. The van der Waals surface area contributed by atoms with Crippen LogP contribution in [-0.2, 0) is 4.79 Å². The molecule has 5 nitrogen and oxygen atoms in total. The summed E-state index contributed by atoms with van der Waals surface area (Å²) in [6.45, 7) is 5.69. The maximum Gasteiger partial charge on any atom is 0.239 e. The number of aromatic amines is 1. The van der Waals surface area contributed by atoms with Crippen LogP contribution in [-0.4, -0.2) is 42.0 Å². The third-order valence-electron chi connectivity index (χ3n) is 5.71. The van der Waals surface area contributed by atoms with Crippen molar-refractivity contribution in [3.05, 3.63) is 30.0 Å². The Morgan fingerprint density at radius 2 is 2.08 bits per heavy atom. The van der Waals surface area contributed by atoms with E-state index in [9.17, 15) is 4.79 Å². The van der Waals surface area contributed by atoms with Crippen LogP contribution in [0.3, 0.4) is 0 Å². The fraction of sp³-hybridized carbons (Fsp3) is 0.550. The standard InChI is InChI=1S/C20H29N3O2.ClH/c1-4-13(2)19(21)20(24)23-9-7-14(8-10-23)17-12-22-18-6-5-15(25-3)11-16(17)18;/h5-6,11-14,19,22H,4,7-10,21H2,1-3H3;1H. The summed E-state index contributed by atoms with van der Waals surface area (Å²) in [5, 5.41) is 1.22. The maximum atomic E-state index is 12.6. The first-order valence-electron chi connectivity index (χ1n) is 9.24. The Bertz CT molecular complexity index is 738. The fourth-order valence-corrected chi connectivity index (χ4v) is 3.71. The number of carbonyl (C=O) groups excluding carboxylic acids is 1. The van der Waals surface area contributed by atoms with Crippen molar-refractivity contribution >= 4 is 29.2 Å². The van der Waals surface area contributed by atoms with E-state index in [1.807, 2.05) is 11.0 Å². The Hall–Kier alpha value is -1.72. The predicted molar refractivity (Wildman–Crippen MR) is 108 cm³/mol. The molecule has 3 rings (SSSR count). The Morgan fingerprint density at radius 3 is 2.69 bits per heavy atom. The lowest BCUT2D eigenvalue weighted by Crippen LogP contribution is -2.49. The quantitative estimate of drug-likeness (QED) is 0.832. The summed E-state index contributed by atoms with van der Waals surface area (Å²) >= 11 is 0. The molecule has 1 saturated heterocycles. The number of carbonyl (C=O) groups is 1. The zero-order chi connectivity index (χ0) is 18.0. The van der Waals surface area contributed by atoms with Gasteiger partial charge in [0.1, 0.15) is 5.75 Å². The van der Waals surface area contributed by atoms with Crippen LogP contribution in [0, 0.1) is 5.92 Å². The SMILES string of the molecule is CCC(C)C(N)C(=O)N1CCC(c2c[nH]c3ccc(OC)cc23)CC1.Cl. The first kappa shape index (κ1) is 20.6. The van der Waals surface area contributed by atoms with Crippen molar-refractivity contribution in [2.75, 3.05) is 20.2 Å². The maximum absolute atomic E-state index is 12.6. The number of hydrogen-bond acceptors (Lipinski definition) is 3. The molecule has 0 spiro atoms. The lowest BCUT2D eigenvalue weighted by atomic mass is 9.88. The van der Waals surface area contributed by atoms with E-state index in [2.05, 4.69) is 37.2 Å². The highest BCUT2D eigenvalue weighted by Crippen LogP contribution is 2.34. The molecule has 1 aliphatic rings. The first-order valence-corrected chi connectivity index (χ1v) is 9.24. The molecule has 2 atom stereocenters. The van der Waals surface area contributed by atoms with E-state index in [4.69, 9.17) is 10.5 Å². The number of amides is 1. The third kappa shape index (κ3) is 3.99. The second kappa shape index (κ2) is 8.78. The van der Waals surface area contributed by atoms with Gasteiger partial charge in [-0.25, -0.2) is 0 Å². The number of H-pyrrole nitrogens is 1. The van der Waals surface area contributed by atoms with Crippen molar-refractivity contribution in [2.45, 2.75) is 45.1 Å². The monoisotopic (exact) mass is 379 g/mol. The highest BCUT2D eigenvalue weighted by Gasteiger charge is 2.29. The second-order valence-corrected chi connectivity index (χ2v) is 7.17. The molecule has 1 aliphatic heterocycles. The second-order valence-electron chi connectivity index (χ2n) is 7.17. The molecule has 1 aromatic carbocycles. The number of rotatable bonds is 5. The Kier molecular flexibility index (Phi) is 6.95. The van der Waals surface area contributed by atoms with Crippen molar-refractivity contribution in [1.82, 2.24) is 9.88 Å². The van der Waals surface area contributed by atoms with Crippen LogP contribution in [0.15, 0.2) is 24.4 Å². The van der Waals surface area contributed by atoms with Crippen molar-refractivity contribution in [1.29, 1.82) is 0 Å². The number of methoxy groups -OCH3 is 1. The van der Waals surface area contributed by atoms with Gasteiger partial charge in [-0.3, -0.25) is 4.79 Å². The summed E-state index contributed by atoms with van der Waals surface area (Å²) in [7, 11) is 1.69. The van der Waals surface area contributed by atoms with Crippen LogP contribution in [0.2, 0.25) is 0 Å². The predicted octanol–water partition coefficient (Wildman–Crippen LogP) is 3.68. The number of benzene rings is 1. The smallest absolute Gasteiger partial charge is 0.239 e. The highest BCUT2D eigenvalue weighted by atomic mass is 35.5. The molecule has 3 N–H and O–H groups in total. The molecule has 0 radical (unpaired) electrons. The third-order valence-corrected chi connectivity index (χ3v) is 5.71. The summed E-state index contributed by atoms with van der Waals surface area (Å²) in [6.07, 6.45) is 4.99. The molecule has 0 bridgehead atoms. The number of fused-ring (bicyclic) bond motifs is 1. The van der Waals surface area contributed by atoms with Crippen LogP contribution >= 0.6 is 12.4 Å². The molecular weight excluding hydrogens is 350 g/mol. The molecule has 1 amide bonds. The van der Waals surface area contributed by atoms with Gasteiger partial charge in [0.05, 0.1) is 13.2 Å². The van der Waals surface area contributed by atoms with Gasteiger partial charge < -0.3 is 20.4 Å². The van der Waals surface area contributed by atoms with Gasteiger partial charge in [-0.05, 0) is 48.4 Å². The minimum atomic E-state index is -0.376. The van der Waals surface area contributed by atoms with Gasteiger partial charge in [0, 0.05) is 30.2 Å². The summed E-state index contributed by atoms with van der Waals surface area (Å²) in [5.74, 6) is 1.67. The number of piperidine rings is 1. The van der Waals surface area contributed by atoms with E-state index in [1.54, 1.807) is 7.11 Å². The van der Waals surface area contributed by atoms with Gasteiger partial charge in [-0.2, -0.15) is 0 Å². The molecule has 2 unspecified atom stereocenters. The number of aromatic nitrogens is 1. The highest BCUT2D eigenvalue weighted by molar-refractivity contribution is 5.86. The van der Waals surface area contributed by atoms with Crippen LogP contribution in [0.4, 0.5) is 0 Å². The van der Waals surface area contributed by atoms with E-state index >= 15 is 0 Å². The number of likely N-dealkylation sites (tertiary alicyclic amines) is 1. The molecule has 6 heteroatoms. The molecule has 2 aromatic rings. The molecule has 26 heavy (non-hydrogen) atoms. The summed E-state index contributed by atoms with van der Waals surface area (Å²) in [4.78, 5) is 17.9. The number of ether oxygens (including phenoxy) is 1. The number of hydrogen-bond donors (Lipinski definition) is 2. The Labute approximate surface area is 161 Å². The van der Waals surface area contributed by atoms with Gasteiger partial charge in [0.25, 0.3) is 0 Å². The molecule has 1 fully saturated rings. The average molecular weight is 380 g/mol. The minimum Gasteiger partial charge on any atom is -0.497 e. The summed E-state index contributed by atoms with van der Waals surface area (Å²) in [6, 6.07) is 5.75. The molecule has 0 aliphatic carbocycles. The van der Waals surface area contributed by atoms with E-state index in [0.29, 0.717) is 5.92 Å². The van der Waals surface area contributed by atoms with Gasteiger partial charge in [-0.15, -0.1) is 12.4 Å². The number of halogens is 1. The zero-order valence-electron chi connectivity index (χ0n) is 15.8.